The fraction of sp³-hybridized carbons (Fsp3) is 0.444. The van der Waals surface area contributed by atoms with Gasteiger partial charge in [-0.05, 0) is 11.5 Å². The number of halogens is 2. The molecule has 0 fully saturated rings. The zero-order valence-corrected chi connectivity index (χ0v) is 14.0. The minimum absolute atomic E-state index is 0.0781. The molecular weight excluding hydrogens is 312 g/mol. The normalized spacial score (nSPS) is 13.7. The molecule has 1 N–H and O–H groups in total. The van der Waals surface area contributed by atoms with Crippen LogP contribution in [-0.4, -0.2) is 22.0 Å². The number of hydrogen-bond donors (Lipinski definition) is 1. The molecule has 0 spiro atoms. The number of aromatic nitrogens is 2. The second-order valence-corrected chi connectivity index (χ2v) is 5.84. The highest BCUT2D eigenvalue weighted by atomic mass is 19.3. The summed E-state index contributed by atoms with van der Waals surface area (Å²) in [4.78, 5) is 16.5. The number of carbonyl (C=O) groups is 1. The van der Waals surface area contributed by atoms with Gasteiger partial charge in [-0.15, -0.1) is 0 Å². The average molecular weight is 335 g/mol. The number of imidazole rings is 1. The Morgan fingerprint density at radius 1 is 1.29 bits per heavy atom. The Morgan fingerprint density at radius 2 is 2.00 bits per heavy atom. The van der Waals surface area contributed by atoms with Crippen LogP contribution in [0.4, 0.5) is 8.78 Å². The second kappa shape index (κ2) is 8.57. The van der Waals surface area contributed by atoms with E-state index >= 15 is 0 Å². The molecule has 0 aliphatic rings. The lowest BCUT2D eigenvalue weighted by Crippen LogP contribution is -2.34. The summed E-state index contributed by atoms with van der Waals surface area (Å²) in [5.74, 6) is 0.136. The largest absolute Gasteiger partial charge is 0.355 e. The highest BCUT2D eigenvalue weighted by molar-refractivity contribution is 5.83. The van der Waals surface area contributed by atoms with Gasteiger partial charge in [0.25, 0.3) is 0 Å². The van der Waals surface area contributed by atoms with Crippen LogP contribution in [0.15, 0.2) is 42.7 Å². The number of benzene rings is 1. The first-order valence-corrected chi connectivity index (χ1v) is 8.17. The van der Waals surface area contributed by atoms with Gasteiger partial charge in [0.15, 0.2) is 0 Å². The average Bonchev–Trinajstić information content (AvgIpc) is 3.04. The standard InChI is InChI=1S/C18H23F2N3O/c1-3-13(2)16(14-7-5-4-6-8-14)17(24)22-10-9-15-21-11-12-23(15)18(19)20/h4-8,11-13,16,18H,3,9-10H2,1-2H3,(H,22,24)/t13-,16-/m1/s1. The lowest BCUT2D eigenvalue weighted by atomic mass is 9.85. The zero-order valence-electron chi connectivity index (χ0n) is 14.0. The molecule has 0 aliphatic carbocycles. The molecule has 1 heterocycles. The van der Waals surface area contributed by atoms with Crippen molar-refractivity contribution < 1.29 is 13.6 Å². The van der Waals surface area contributed by atoms with Crippen molar-refractivity contribution in [1.82, 2.24) is 14.9 Å². The van der Waals surface area contributed by atoms with Crippen LogP contribution in [0.1, 0.15) is 44.1 Å². The summed E-state index contributed by atoms with van der Waals surface area (Å²) in [6, 6.07) is 9.63. The molecule has 1 aromatic carbocycles. The summed E-state index contributed by atoms with van der Waals surface area (Å²) in [6.07, 6.45) is 3.73. The van der Waals surface area contributed by atoms with Gasteiger partial charge in [-0.3, -0.25) is 9.36 Å². The summed E-state index contributed by atoms with van der Waals surface area (Å²) < 4.78 is 26.4. The van der Waals surface area contributed by atoms with E-state index < -0.39 is 6.55 Å². The van der Waals surface area contributed by atoms with E-state index in [1.165, 1.54) is 12.4 Å². The summed E-state index contributed by atoms with van der Waals surface area (Å²) in [5.41, 5.74) is 0.971. The van der Waals surface area contributed by atoms with Crippen LogP contribution in [-0.2, 0) is 11.2 Å². The van der Waals surface area contributed by atoms with Crippen LogP contribution in [0.3, 0.4) is 0 Å². The van der Waals surface area contributed by atoms with Crippen molar-refractivity contribution in [3.8, 4) is 0 Å². The van der Waals surface area contributed by atoms with Crippen LogP contribution >= 0.6 is 0 Å². The van der Waals surface area contributed by atoms with Crippen molar-refractivity contribution in [3.05, 3.63) is 54.1 Å². The van der Waals surface area contributed by atoms with Crippen molar-refractivity contribution in [3.63, 3.8) is 0 Å². The SMILES string of the molecule is CC[C@@H](C)[C@@H](C(=O)NCCc1nccn1C(F)F)c1ccccc1. The lowest BCUT2D eigenvalue weighted by molar-refractivity contribution is -0.123. The third-order valence-corrected chi connectivity index (χ3v) is 4.26. The number of carbonyl (C=O) groups excluding carboxylic acids is 1. The first kappa shape index (κ1) is 18.1. The topological polar surface area (TPSA) is 46.9 Å². The number of hydrogen-bond acceptors (Lipinski definition) is 2. The molecule has 0 radical (unpaired) electrons. The molecule has 4 nitrogen and oxygen atoms in total. The van der Waals surface area contributed by atoms with E-state index in [0.717, 1.165) is 16.6 Å². The smallest absolute Gasteiger partial charge is 0.319 e. The minimum atomic E-state index is -2.62. The molecule has 2 atom stereocenters. The van der Waals surface area contributed by atoms with Gasteiger partial charge in [-0.1, -0.05) is 50.6 Å². The van der Waals surface area contributed by atoms with Gasteiger partial charge in [0.05, 0.1) is 5.92 Å². The summed E-state index contributed by atoms with van der Waals surface area (Å²) in [7, 11) is 0. The minimum Gasteiger partial charge on any atom is -0.355 e. The van der Waals surface area contributed by atoms with Crippen molar-refractivity contribution in [2.24, 2.45) is 5.92 Å². The maximum Gasteiger partial charge on any atom is 0.319 e. The Labute approximate surface area is 140 Å². The van der Waals surface area contributed by atoms with Crippen LogP contribution in [0.2, 0.25) is 0 Å². The van der Waals surface area contributed by atoms with Gasteiger partial charge in [0.1, 0.15) is 5.82 Å². The van der Waals surface area contributed by atoms with E-state index in [1.807, 2.05) is 44.2 Å². The van der Waals surface area contributed by atoms with Crippen LogP contribution in [0.5, 0.6) is 0 Å². The van der Waals surface area contributed by atoms with Gasteiger partial charge >= 0.3 is 6.55 Å². The lowest BCUT2D eigenvalue weighted by Gasteiger charge is -2.22. The zero-order chi connectivity index (χ0) is 17.5. The number of alkyl halides is 2. The molecule has 130 valence electrons. The van der Waals surface area contributed by atoms with Gasteiger partial charge < -0.3 is 5.32 Å². The molecule has 0 unspecified atom stereocenters. The van der Waals surface area contributed by atoms with E-state index in [-0.39, 0.29) is 36.5 Å². The van der Waals surface area contributed by atoms with Gasteiger partial charge in [0, 0.05) is 25.4 Å². The highest BCUT2D eigenvalue weighted by Gasteiger charge is 2.25. The van der Waals surface area contributed by atoms with Crippen LogP contribution in [0.25, 0.3) is 0 Å². The fourth-order valence-electron chi connectivity index (χ4n) is 2.76. The predicted molar refractivity (Wildman–Crippen MR) is 88.8 cm³/mol. The number of amides is 1. The predicted octanol–water partition coefficient (Wildman–Crippen LogP) is 3.77. The van der Waals surface area contributed by atoms with Crippen LogP contribution < -0.4 is 5.32 Å². The quantitative estimate of drug-likeness (QED) is 0.798. The molecule has 1 amide bonds. The molecule has 0 saturated heterocycles. The summed E-state index contributed by atoms with van der Waals surface area (Å²) in [5, 5.41) is 2.86. The molecule has 1 aromatic heterocycles. The monoisotopic (exact) mass is 335 g/mol. The van der Waals surface area contributed by atoms with Gasteiger partial charge in [-0.25, -0.2) is 4.98 Å². The van der Waals surface area contributed by atoms with Crippen molar-refractivity contribution >= 4 is 5.91 Å². The van der Waals surface area contributed by atoms with Gasteiger partial charge in [0.2, 0.25) is 5.91 Å². The third-order valence-electron chi connectivity index (χ3n) is 4.26. The number of nitrogens with zero attached hydrogens (tertiary/aromatic N) is 2. The fourth-order valence-corrected chi connectivity index (χ4v) is 2.76. The Kier molecular flexibility index (Phi) is 6.46. The Bertz CT molecular complexity index is 643. The molecule has 2 aromatic rings. The Balaban J connectivity index is 1.99. The second-order valence-electron chi connectivity index (χ2n) is 5.84. The molecule has 0 aliphatic heterocycles. The molecule has 6 heteroatoms. The summed E-state index contributed by atoms with van der Waals surface area (Å²) in [6.45, 7) is 1.76. The molecule has 0 saturated carbocycles. The van der Waals surface area contributed by atoms with E-state index in [2.05, 4.69) is 10.3 Å². The number of rotatable bonds is 8. The maximum atomic E-state index is 12.8. The molecular formula is C18H23F2N3O. The van der Waals surface area contributed by atoms with Gasteiger partial charge in [-0.2, -0.15) is 8.78 Å². The van der Waals surface area contributed by atoms with Crippen molar-refractivity contribution in [2.45, 2.75) is 39.2 Å². The maximum absolute atomic E-state index is 12.8. The highest BCUT2D eigenvalue weighted by Crippen LogP contribution is 2.27. The Hall–Kier alpha value is -2.24. The molecule has 0 bridgehead atoms. The van der Waals surface area contributed by atoms with Crippen molar-refractivity contribution in [1.29, 1.82) is 0 Å². The van der Waals surface area contributed by atoms with E-state index in [4.69, 9.17) is 0 Å². The first-order valence-electron chi connectivity index (χ1n) is 8.17. The third kappa shape index (κ3) is 4.40. The summed E-state index contributed by atoms with van der Waals surface area (Å²) >= 11 is 0. The van der Waals surface area contributed by atoms with E-state index in [9.17, 15) is 13.6 Å². The molecule has 24 heavy (non-hydrogen) atoms. The Morgan fingerprint density at radius 3 is 2.62 bits per heavy atom. The van der Waals surface area contributed by atoms with E-state index in [0.29, 0.717) is 0 Å². The molecule has 2 rings (SSSR count). The van der Waals surface area contributed by atoms with Crippen molar-refractivity contribution in [2.75, 3.05) is 6.54 Å². The van der Waals surface area contributed by atoms with Crippen LogP contribution in [0, 0.1) is 5.92 Å². The van der Waals surface area contributed by atoms with E-state index in [1.54, 1.807) is 0 Å². The first-order chi connectivity index (χ1) is 11.5. The number of nitrogens with one attached hydrogen (secondary N) is 1.